The van der Waals surface area contributed by atoms with E-state index in [0.29, 0.717) is 16.0 Å². The smallest absolute Gasteiger partial charge is 0.137 e. The second-order valence-electron chi connectivity index (χ2n) is 6.72. The van der Waals surface area contributed by atoms with Gasteiger partial charge in [-0.15, -0.1) is 0 Å². The van der Waals surface area contributed by atoms with Gasteiger partial charge in [-0.2, -0.15) is 5.10 Å². The number of aromatic amines is 1. The molecule has 1 aromatic carbocycles. The zero-order valence-corrected chi connectivity index (χ0v) is 17.7. The van der Waals surface area contributed by atoms with E-state index in [4.69, 9.17) is 27.7 Å². The van der Waals surface area contributed by atoms with Gasteiger partial charge in [0.1, 0.15) is 5.76 Å². The van der Waals surface area contributed by atoms with Crippen molar-refractivity contribution in [2.75, 3.05) is 0 Å². The molecule has 138 valence electrons. The van der Waals surface area contributed by atoms with E-state index in [-0.39, 0.29) is 5.92 Å². The summed E-state index contributed by atoms with van der Waals surface area (Å²) in [5.41, 5.74) is 4.19. The molecule has 0 aliphatic carbocycles. The number of aryl methyl sites for hydroxylation is 3. The first kappa shape index (κ1) is 19.3. The minimum absolute atomic E-state index is 0.136. The summed E-state index contributed by atoms with van der Waals surface area (Å²) in [6.07, 6.45) is 0. The molecule has 0 aliphatic heterocycles. The van der Waals surface area contributed by atoms with Gasteiger partial charge in [0.25, 0.3) is 0 Å². The van der Waals surface area contributed by atoms with E-state index in [2.05, 4.69) is 29.2 Å². The van der Waals surface area contributed by atoms with Gasteiger partial charge in [0.15, 0.2) is 0 Å². The van der Waals surface area contributed by atoms with Crippen LogP contribution in [-0.2, 0) is 0 Å². The summed E-state index contributed by atoms with van der Waals surface area (Å²) in [4.78, 5) is 0.966. The van der Waals surface area contributed by atoms with Gasteiger partial charge in [0.2, 0.25) is 0 Å². The van der Waals surface area contributed by atoms with Crippen LogP contribution >= 0.6 is 35.0 Å². The van der Waals surface area contributed by atoms with Crippen molar-refractivity contribution in [1.82, 2.24) is 15.4 Å². The predicted molar refractivity (Wildman–Crippen MR) is 107 cm³/mol. The van der Waals surface area contributed by atoms with Crippen molar-refractivity contribution >= 4 is 35.0 Å². The number of benzene rings is 1. The van der Waals surface area contributed by atoms with E-state index in [9.17, 15) is 0 Å². The van der Waals surface area contributed by atoms with Crippen molar-refractivity contribution in [3.63, 3.8) is 0 Å². The molecular formula is C19H21Cl2N3OS. The summed E-state index contributed by atoms with van der Waals surface area (Å²) in [5.74, 6) is 1.34. The highest BCUT2D eigenvalue weighted by molar-refractivity contribution is 7.99. The van der Waals surface area contributed by atoms with Crippen LogP contribution < -0.4 is 0 Å². The van der Waals surface area contributed by atoms with Gasteiger partial charge in [-0.05, 0) is 44.9 Å². The molecule has 26 heavy (non-hydrogen) atoms. The molecule has 0 fully saturated rings. The fraction of sp³-hybridized carbons (Fsp3) is 0.368. The number of hydrogen-bond donors (Lipinski definition) is 1. The summed E-state index contributed by atoms with van der Waals surface area (Å²) >= 11 is 13.9. The van der Waals surface area contributed by atoms with E-state index < -0.39 is 0 Å². The van der Waals surface area contributed by atoms with Crippen molar-refractivity contribution in [2.45, 2.75) is 50.5 Å². The monoisotopic (exact) mass is 409 g/mol. The number of aromatic nitrogens is 3. The number of nitrogens with zero attached hydrogens (tertiary/aromatic N) is 2. The van der Waals surface area contributed by atoms with Crippen LogP contribution in [0.5, 0.6) is 0 Å². The molecule has 0 spiro atoms. The normalized spacial score (nSPS) is 12.8. The molecule has 1 N–H and O–H groups in total. The summed E-state index contributed by atoms with van der Waals surface area (Å²) in [7, 11) is 0. The van der Waals surface area contributed by atoms with Crippen molar-refractivity contribution in [3.05, 3.63) is 56.5 Å². The lowest BCUT2D eigenvalue weighted by Gasteiger charge is -2.22. The molecule has 0 amide bonds. The number of nitrogens with one attached hydrogen (secondary N) is 1. The van der Waals surface area contributed by atoms with Crippen LogP contribution in [-0.4, -0.2) is 15.4 Å². The van der Waals surface area contributed by atoms with Crippen LogP contribution in [0.2, 0.25) is 10.0 Å². The van der Waals surface area contributed by atoms with Crippen LogP contribution in [0.4, 0.5) is 0 Å². The maximum Gasteiger partial charge on any atom is 0.137 e. The fourth-order valence-corrected chi connectivity index (χ4v) is 5.05. The maximum atomic E-state index is 6.15. The first-order valence-electron chi connectivity index (χ1n) is 8.39. The average molecular weight is 410 g/mol. The lowest BCUT2D eigenvalue weighted by atomic mass is 9.82. The summed E-state index contributed by atoms with van der Waals surface area (Å²) < 4.78 is 5.43. The molecule has 0 aliphatic rings. The highest BCUT2D eigenvalue weighted by atomic mass is 35.5. The minimum atomic E-state index is 0.136. The van der Waals surface area contributed by atoms with Crippen molar-refractivity contribution in [1.29, 1.82) is 0 Å². The Bertz CT molecular complexity index is 893. The van der Waals surface area contributed by atoms with E-state index in [1.807, 2.05) is 32.9 Å². The number of H-pyrrole nitrogens is 1. The second kappa shape index (κ2) is 7.67. The largest absolute Gasteiger partial charge is 0.361 e. The van der Waals surface area contributed by atoms with Crippen LogP contribution in [0.1, 0.15) is 48.0 Å². The molecule has 7 heteroatoms. The fourth-order valence-electron chi connectivity index (χ4n) is 3.31. The summed E-state index contributed by atoms with van der Waals surface area (Å²) in [5, 5.41) is 14.0. The Morgan fingerprint density at radius 1 is 1.00 bits per heavy atom. The molecule has 1 atom stereocenters. The highest BCUT2D eigenvalue weighted by Gasteiger charge is 2.30. The molecule has 0 saturated heterocycles. The van der Waals surface area contributed by atoms with Crippen molar-refractivity contribution in [2.24, 2.45) is 5.92 Å². The quantitative estimate of drug-likeness (QED) is 0.517. The van der Waals surface area contributed by atoms with Gasteiger partial charge in [-0.3, -0.25) is 5.10 Å². The second-order valence-corrected chi connectivity index (χ2v) is 8.68. The Morgan fingerprint density at radius 3 is 2.19 bits per heavy atom. The number of hydrogen-bond acceptors (Lipinski definition) is 4. The SMILES string of the molecule is Cc1n[nH]c(Sc2cc(Cl)cc(Cl)c2)c1C(c1c(C)noc1C)C(C)C. The molecule has 0 radical (unpaired) electrons. The Kier molecular flexibility index (Phi) is 5.70. The Balaban J connectivity index is 2.08. The maximum absolute atomic E-state index is 6.15. The van der Waals surface area contributed by atoms with Crippen LogP contribution in [0.15, 0.2) is 32.6 Å². The molecule has 2 aromatic heterocycles. The topological polar surface area (TPSA) is 54.7 Å². The lowest BCUT2D eigenvalue weighted by molar-refractivity contribution is 0.390. The Morgan fingerprint density at radius 2 is 1.65 bits per heavy atom. The number of rotatable bonds is 5. The van der Waals surface area contributed by atoms with Crippen LogP contribution in [0, 0.1) is 26.7 Å². The molecular weight excluding hydrogens is 389 g/mol. The van der Waals surface area contributed by atoms with E-state index in [0.717, 1.165) is 38.2 Å². The van der Waals surface area contributed by atoms with Gasteiger partial charge < -0.3 is 4.52 Å². The predicted octanol–water partition coefficient (Wildman–Crippen LogP) is 6.57. The zero-order chi connectivity index (χ0) is 19.0. The highest BCUT2D eigenvalue weighted by Crippen LogP contribution is 2.43. The third-order valence-electron chi connectivity index (χ3n) is 4.39. The molecule has 3 aromatic rings. The first-order valence-corrected chi connectivity index (χ1v) is 9.96. The number of halogens is 2. The molecule has 3 rings (SSSR count). The van der Waals surface area contributed by atoms with Gasteiger partial charge in [-0.25, -0.2) is 0 Å². The molecule has 2 heterocycles. The Labute approximate surface area is 167 Å². The van der Waals surface area contributed by atoms with Crippen LogP contribution in [0.3, 0.4) is 0 Å². The minimum Gasteiger partial charge on any atom is -0.361 e. The standard InChI is InChI=1S/C19H21Cl2N3OS/c1-9(2)16(17-11(4)24-25-12(17)5)18-10(3)22-23-19(18)26-15-7-13(20)6-14(21)8-15/h6-9,16H,1-5H3,(H,22,23). The van der Waals surface area contributed by atoms with Crippen LogP contribution in [0.25, 0.3) is 0 Å². The van der Waals surface area contributed by atoms with Gasteiger partial charge in [0, 0.05) is 32.0 Å². The summed E-state index contributed by atoms with van der Waals surface area (Å²) in [6.45, 7) is 10.4. The zero-order valence-electron chi connectivity index (χ0n) is 15.4. The van der Waals surface area contributed by atoms with Gasteiger partial charge in [-0.1, -0.05) is 54.0 Å². The molecule has 0 saturated carbocycles. The first-order chi connectivity index (χ1) is 12.3. The van der Waals surface area contributed by atoms with Gasteiger partial charge >= 0.3 is 0 Å². The lowest BCUT2D eigenvalue weighted by Crippen LogP contribution is -2.12. The van der Waals surface area contributed by atoms with Crippen molar-refractivity contribution < 1.29 is 4.52 Å². The molecule has 1 unspecified atom stereocenters. The van der Waals surface area contributed by atoms with Crippen molar-refractivity contribution in [3.8, 4) is 0 Å². The third kappa shape index (κ3) is 3.80. The molecule has 4 nitrogen and oxygen atoms in total. The van der Waals surface area contributed by atoms with Gasteiger partial charge in [0.05, 0.1) is 16.4 Å². The molecule has 0 bridgehead atoms. The van der Waals surface area contributed by atoms with E-state index in [1.54, 1.807) is 17.8 Å². The van der Waals surface area contributed by atoms with E-state index >= 15 is 0 Å². The van der Waals surface area contributed by atoms with E-state index in [1.165, 1.54) is 0 Å². The summed E-state index contributed by atoms with van der Waals surface area (Å²) in [6, 6.07) is 5.53. The average Bonchev–Trinajstić information content (AvgIpc) is 3.04. The Hall–Kier alpha value is -1.43. The third-order valence-corrected chi connectivity index (χ3v) is 5.82.